The van der Waals surface area contributed by atoms with Crippen LogP contribution in [-0.2, 0) is 11.3 Å². The molecule has 0 bridgehead atoms. The normalized spacial score (nSPS) is 11.3. The molecule has 0 saturated heterocycles. The Hall–Kier alpha value is -4.98. The number of non-ortho nitro benzene ring substituents is 1. The maximum absolute atomic E-state index is 13.2. The molecule has 4 aromatic rings. The molecule has 0 N–H and O–H groups in total. The van der Waals surface area contributed by atoms with Gasteiger partial charge in [0.05, 0.1) is 17.6 Å². The van der Waals surface area contributed by atoms with Crippen molar-refractivity contribution in [2.75, 3.05) is 7.11 Å². The number of nitro benzene ring substituents is 1. The van der Waals surface area contributed by atoms with E-state index in [1.54, 1.807) is 73.8 Å². The van der Waals surface area contributed by atoms with Crippen molar-refractivity contribution in [1.82, 2.24) is 0 Å². The van der Waals surface area contributed by atoms with Crippen molar-refractivity contribution < 1.29 is 28.7 Å². The zero-order valence-electron chi connectivity index (χ0n) is 19.9. The first-order chi connectivity index (χ1) is 18.0. The van der Waals surface area contributed by atoms with Crippen molar-refractivity contribution >= 4 is 17.4 Å². The van der Waals surface area contributed by atoms with Gasteiger partial charge in [0.1, 0.15) is 6.61 Å². The molecule has 0 unspecified atom stereocenters. The Bertz CT molecular complexity index is 1380. The number of esters is 1. The summed E-state index contributed by atoms with van der Waals surface area (Å²) in [5.74, 6) is 0.0661. The number of Topliss-reactive ketones (excluding diaryl/α,β-unsaturated/α-hetero) is 1. The van der Waals surface area contributed by atoms with E-state index in [0.29, 0.717) is 22.6 Å². The third kappa shape index (κ3) is 6.18. The summed E-state index contributed by atoms with van der Waals surface area (Å²) in [6.45, 7) is 0.258. The van der Waals surface area contributed by atoms with Crippen molar-refractivity contribution in [3.63, 3.8) is 0 Å². The standard InChI is InChI=1S/C29H23NO7/c1-35-25-9-5-6-10-26(25)36-19-20-11-13-23(14-12-20)29(32)37-28(27(31)21-7-3-2-4-8-21)22-15-17-24(18-16-22)30(33)34/h2-18,28H,19H2,1H3/t28-/m1/s1. The van der Waals surface area contributed by atoms with E-state index in [0.717, 1.165) is 5.56 Å². The van der Waals surface area contributed by atoms with E-state index in [4.69, 9.17) is 14.2 Å². The van der Waals surface area contributed by atoms with Gasteiger partial charge in [-0.05, 0) is 42.0 Å². The van der Waals surface area contributed by atoms with E-state index in [1.165, 1.54) is 24.3 Å². The fraction of sp³-hybridized carbons (Fsp3) is 0.103. The number of para-hydroxylation sites is 2. The number of carbonyl (C=O) groups is 2. The monoisotopic (exact) mass is 497 g/mol. The predicted molar refractivity (Wildman–Crippen MR) is 136 cm³/mol. The number of methoxy groups -OCH3 is 1. The second-order valence-electron chi connectivity index (χ2n) is 8.00. The first-order valence-corrected chi connectivity index (χ1v) is 11.4. The van der Waals surface area contributed by atoms with E-state index < -0.39 is 22.8 Å². The van der Waals surface area contributed by atoms with Gasteiger partial charge in [-0.1, -0.05) is 54.6 Å². The summed E-state index contributed by atoms with van der Waals surface area (Å²) in [5, 5.41) is 11.0. The number of rotatable bonds is 10. The van der Waals surface area contributed by atoms with Gasteiger partial charge in [0, 0.05) is 23.3 Å². The quantitative estimate of drug-likeness (QED) is 0.115. The highest BCUT2D eigenvalue weighted by Crippen LogP contribution is 2.28. The predicted octanol–water partition coefficient (Wildman–Crippen LogP) is 5.96. The highest BCUT2D eigenvalue weighted by molar-refractivity contribution is 6.02. The Morgan fingerprint density at radius 2 is 1.41 bits per heavy atom. The number of nitrogens with zero attached hydrogens (tertiary/aromatic N) is 1. The first kappa shape index (κ1) is 25.1. The molecular formula is C29H23NO7. The lowest BCUT2D eigenvalue weighted by atomic mass is 9.99. The van der Waals surface area contributed by atoms with Crippen molar-refractivity contribution in [1.29, 1.82) is 0 Å². The number of hydrogen-bond donors (Lipinski definition) is 0. The fourth-order valence-electron chi connectivity index (χ4n) is 3.61. The van der Waals surface area contributed by atoms with Crippen LogP contribution < -0.4 is 9.47 Å². The smallest absolute Gasteiger partial charge is 0.339 e. The van der Waals surface area contributed by atoms with Gasteiger partial charge in [0.25, 0.3) is 5.69 Å². The van der Waals surface area contributed by atoms with Crippen LogP contribution in [0.2, 0.25) is 0 Å². The molecule has 0 aromatic heterocycles. The minimum atomic E-state index is -1.27. The molecule has 0 aliphatic rings. The lowest BCUT2D eigenvalue weighted by molar-refractivity contribution is -0.384. The summed E-state index contributed by atoms with van der Waals surface area (Å²) in [5.41, 5.74) is 1.60. The molecule has 0 saturated carbocycles. The van der Waals surface area contributed by atoms with E-state index in [9.17, 15) is 19.7 Å². The average molecular weight is 498 g/mol. The molecule has 0 heterocycles. The van der Waals surface area contributed by atoms with Gasteiger partial charge in [0.2, 0.25) is 5.78 Å². The van der Waals surface area contributed by atoms with Crippen LogP contribution in [0.5, 0.6) is 11.5 Å². The van der Waals surface area contributed by atoms with Gasteiger partial charge < -0.3 is 14.2 Å². The summed E-state index contributed by atoms with van der Waals surface area (Å²) in [6.07, 6.45) is -1.27. The van der Waals surface area contributed by atoms with Gasteiger partial charge in [-0.3, -0.25) is 14.9 Å². The Labute approximate surface area is 213 Å². The zero-order valence-corrected chi connectivity index (χ0v) is 19.9. The van der Waals surface area contributed by atoms with E-state index >= 15 is 0 Å². The number of benzene rings is 4. The maximum Gasteiger partial charge on any atom is 0.339 e. The molecule has 8 nitrogen and oxygen atoms in total. The molecule has 0 radical (unpaired) electrons. The Morgan fingerprint density at radius 1 is 0.784 bits per heavy atom. The number of carbonyl (C=O) groups excluding carboxylic acids is 2. The van der Waals surface area contributed by atoms with Gasteiger partial charge in [0.15, 0.2) is 17.6 Å². The second kappa shape index (κ2) is 11.6. The summed E-state index contributed by atoms with van der Waals surface area (Å²) < 4.78 is 16.7. The Balaban J connectivity index is 1.50. The largest absolute Gasteiger partial charge is 0.493 e. The molecule has 0 amide bonds. The second-order valence-corrected chi connectivity index (χ2v) is 8.00. The molecule has 4 aromatic carbocycles. The molecule has 0 fully saturated rings. The number of ketones is 1. The molecule has 37 heavy (non-hydrogen) atoms. The molecule has 8 heteroatoms. The van der Waals surface area contributed by atoms with E-state index in [2.05, 4.69) is 0 Å². The first-order valence-electron chi connectivity index (χ1n) is 11.4. The van der Waals surface area contributed by atoms with Crippen molar-refractivity contribution in [2.45, 2.75) is 12.7 Å². The SMILES string of the molecule is COc1ccccc1OCc1ccc(C(=O)O[C@@H](C(=O)c2ccccc2)c2ccc([N+](=O)[O-])cc2)cc1. The van der Waals surface area contributed by atoms with E-state index in [1.807, 2.05) is 12.1 Å². The summed E-state index contributed by atoms with van der Waals surface area (Å²) in [6, 6.07) is 27.7. The lowest BCUT2D eigenvalue weighted by Crippen LogP contribution is -2.20. The third-order valence-corrected chi connectivity index (χ3v) is 5.58. The molecule has 0 aliphatic heterocycles. The average Bonchev–Trinajstić information content (AvgIpc) is 2.95. The number of nitro groups is 1. The molecule has 0 aliphatic carbocycles. The van der Waals surface area contributed by atoms with Crippen LogP contribution >= 0.6 is 0 Å². The molecular weight excluding hydrogens is 474 g/mol. The molecule has 0 spiro atoms. The summed E-state index contributed by atoms with van der Waals surface area (Å²) >= 11 is 0. The Kier molecular flexibility index (Phi) is 7.90. The topological polar surface area (TPSA) is 105 Å². The van der Waals surface area contributed by atoms with Gasteiger partial charge >= 0.3 is 5.97 Å². The zero-order chi connectivity index (χ0) is 26.2. The van der Waals surface area contributed by atoms with Crippen molar-refractivity contribution in [2.24, 2.45) is 0 Å². The minimum Gasteiger partial charge on any atom is -0.493 e. The van der Waals surface area contributed by atoms with Crippen LogP contribution in [0.4, 0.5) is 5.69 Å². The van der Waals surface area contributed by atoms with Gasteiger partial charge in [-0.2, -0.15) is 0 Å². The van der Waals surface area contributed by atoms with Gasteiger partial charge in [-0.25, -0.2) is 4.79 Å². The van der Waals surface area contributed by atoms with Crippen LogP contribution in [-0.4, -0.2) is 23.8 Å². The highest BCUT2D eigenvalue weighted by atomic mass is 16.6. The maximum atomic E-state index is 13.2. The van der Waals surface area contributed by atoms with Gasteiger partial charge in [-0.15, -0.1) is 0 Å². The Morgan fingerprint density at radius 3 is 2.03 bits per heavy atom. The third-order valence-electron chi connectivity index (χ3n) is 5.58. The summed E-state index contributed by atoms with van der Waals surface area (Å²) in [7, 11) is 1.56. The highest BCUT2D eigenvalue weighted by Gasteiger charge is 2.27. The van der Waals surface area contributed by atoms with Crippen LogP contribution in [0.3, 0.4) is 0 Å². The van der Waals surface area contributed by atoms with E-state index in [-0.39, 0.29) is 17.9 Å². The number of hydrogen-bond acceptors (Lipinski definition) is 7. The molecule has 1 atom stereocenters. The van der Waals surface area contributed by atoms with Crippen molar-refractivity contribution in [3.8, 4) is 11.5 Å². The van der Waals surface area contributed by atoms with Crippen LogP contribution in [0.15, 0.2) is 103 Å². The molecule has 186 valence electrons. The van der Waals surface area contributed by atoms with Crippen molar-refractivity contribution in [3.05, 3.63) is 135 Å². The molecule has 4 rings (SSSR count). The van der Waals surface area contributed by atoms with Crippen LogP contribution in [0, 0.1) is 10.1 Å². The summed E-state index contributed by atoms with van der Waals surface area (Å²) in [4.78, 5) is 36.7. The van der Waals surface area contributed by atoms with Crippen LogP contribution in [0.25, 0.3) is 0 Å². The fourth-order valence-corrected chi connectivity index (χ4v) is 3.61. The minimum absolute atomic E-state index is 0.132. The number of ether oxygens (including phenoxy) is 3. The lowest BCUT2D eigenvalue weighted by Gasteiger charge is -2.18. The van der Waals surface area contributed by atoms with Crippen LogP contribution in [0.1, 0.15) is 37.9 Å².